The van der Waals surface area contributed by atoms with Crippen molar-refractivity contribution in [1.29, 1.82) is 0 Å². The Morgan fingerprint density at radius 2 is 2.11 bits per heavy atom. The van der Waals surface area contributed by atoms with Crippen molar-refractivity contribution in [2.75, 3.05) is 25.1 Å². The second kappa shape index (κ2) is 7.88. The summed E-state index contributed by atoms with van der Waals surface area (Å²) in [5.74, 6) is 0.552. The van der Waals surface area contributed by atoms with E-state index in [1.807, 2.05) is 24.3 Å². The molecule has 0 aliphatic rings. The summed E-state index contributed by atoms with van der Waals surface area (Å²) in [6, 6.07) is 7.80. The SMILES string of the molecule is CCNCC(CCCS(C)(=O)=O)c1cccc(Cl)c1. The molecule has 108 valence electrons. The maximum absolute atomic E-state index is 11.2. The topological polar surface area (TPSA) is 46.2 Å². The zero-order chi connectivity index (χ0) is 14.3. The van der Waals surface area contributed by atoms with Crippen molar-refractivity contribution >= 4 is 21.4 Å². The van der Waals surface area contributed by atoms with Gasteiger partial charge in [0.15, 0.2) is 0 Å². The van der Waals surface area contributed by atoms with Crippen molar-refractivity contribution in [3.05, 3.63) is 34.9 Å². The third kappa shape index (κ3) is 6.95. The summed E-state index contributed by atoms with van der Waals surface area (Å²) in [6.07, 6.45) is 2.81. The van der Waals surface area contributed by atoms with E-state index in [1.54, 1.807) is 0 Å². The Kier molecular flexibility index (Phi) is 6.83. The number of benzene rings is 1. The van der Waals surface area contributed by atoms with E-state index in [0.29, 0.717) is 12.3 Å². The summed E-state index contributed by atoms with van der Waals surface area (Å²) < 4.78 is 22.4. The van der Waals surface area contributed by atoms with Crippen LogP contribution in [0.1, 0.15) is 31.2 Å². The minimum Gasteiger partial charge on any atom is -0.316 e. The van der Waals surface area contributed by atoms with Crippen molar-refractivity contribution in [3.8, 4) is 0 Å². The van der Waals surface area contributed by atoms with Crippen LogP contribution in [0.4, 0.5) is 0 Å². The van der Waals surface area contributed by atoms with Crippen LogP contribution in [0, 0.1) is 0 Å². The Bertz CT molecular complexity index is 488. The number of halogens is 1. The van der Waals surface area contributed by atoms with E-state index in [4.69, 9.17) is 11.6 Å². The lowest BCUT2D eigenvalue weighted by Crippen LogP contribution is -2.21. The highest BCUT2D eigenvalue weighted by Gasteiger charge is 2.13. The predicted molar refractivity (Wildman–Crippen MR) is 81.7 cm³/mol. The Balaban J connectivity index is 2.66. The van der Waals surface area contributed by atoms with Gasteiger partial charge >= 0.3 is 0 Å². The molecule has 1 atom stereocenters. The van der Waals surface area contributed by atoms with E-state index in [0.717, 1.165) is 24.5 Å². The van der Waals surface area contributed by atoms with Gasteiger partial charge in [-0.2, -0.15) is 0 Å². The van der Waals surface area contributed by atoms with E-state index in [2.05, 4.69) is 12.2 Å². The number of nitrogens with one attached hydrogen (secondary N) is 1. The van der Waals surface area contributed by atoms with Crippen molar-refractivity contribution in [1.82, 2.24) is 5.32 Å². The molecule has 1 unspecified atom stereocenters. The lowest BCUT2D eigenvalue weighted by atomic mass is 9.94. The maximum atomic E-state index is 11.2. The van der Waals surface area contributed by atoms with Gasteiger partial charge in [-0.15, -0.1) is 0 Å². The lowest BCUT2D eigenvalue weighted by molar-refractivity contribution is 0.549. The smallest absolute Gasteiger partial charge is 0.147 e. The Hall–Kier alpha value is -0.580. The molecule has 0 aliphatic carbocycles. The first-order valence-electron chi connectivity index (χ1n) is 6.56. The molecule has 0 bridgehead atoms. The van der Waals surface area contributed by atoms with Crippen molar-refractivity contribution in [3.63, 3.8) is 0 Å². The zero-order valence-electron chi connectivity index (χ0n) is 11.5. The molecule has 0 aliphatic heterocycles. The fourth-order valence-electron chi connectivity index (χ4n) is 2.06. The van der Waals surface area contributed by atoms with Gasteiger partial charge in [0.25, 0.3) is 0 Å². The quantitative estimate of drug-likeness (QED) is 0.803. The standard InChI is InChI=1S/C14H22ClNO2S/c1-3-16-11-13(7-5-9-19(2,17)18)12-6-4-8-14(15)10-12/h4,6,8,10,13,16H,3,5,7,9,11H2,1-2H3. The summed E-state index contributed by atoms with van der Waals surface area (Å²) in [7, 11) is -2.88. The maximum Gasteiger partial charge on any atom is 0.147 e. The van der Waals surface area contributed by atoms with Gasteiger partial charge in [0.05, 0.1) is 0 Å². The van der Waals surface area contributed by atoms with E-state index in [-0.39, 0.29) is 5.75 Å². The van der Waals surface area contributed by atoms with E-state index in [1.165, 1.54) is 11.8 Å². The van der Waals surface area contributed by atoms with Crippen LogP contribution in [-0.4, -0.2) is 33.5 Å². The monoisotopic (exact) mass is 303 g/mol. The molecule has 0 spiro atoms. The first kappa shape index (κ1) is 16.5. The average Bonchev–Trinajstić information content (AvgIpc) is 2.32. The van der Waals surface area contributed by atoms with Crippen molar-refractivity contribution < 1.29 is 8.42 Å². The van der Waals surface area contributed by atoms with Crippen LogP contribution in [-0.2, 0) is 9.84 Å². The van der Waals surface area contributed by atoms with Crippen molar-refractivity contribution in [2.45, 2.75) is 25.7 Å². The zero-order valence-corrected chi connectivity index (χ0v) is 13.1. The van der Waals surface area contributed by atoms with E-state index >= 15 is 0 Å². The molecule has 0 saturated carbocycles. The highest BCUT2D eigenvalue weighted by Crippen LogP contribution is 2.23. The average molecular weight is 304 g/mol. The number of hydrogen-bond donors (Lipinski definition) is 1. The van der Waals surface area contributed by atoms with E-state index in [9.17, 15) is 8.42 Å². The Labute approximate surface area is 121 Å². The van der Waals surface area contributed by atoms with Gasteiger partial charge in [-0.1, -0.05) is 30.7 Å². The molecule has 0 heterocycles. The summed E-state index contributed by atoms with van der Waals surface area (Å²) in [6.45, 7) is 3.81. The lowest BCUT2D eigenvalue weighted by Gasteiger charge is -2.18. The highest BCUT2D eigenvalue weighted by atomic mass is 35.5. The molecule has 0 aromatic heterocycles. The van der Waals surface area contributed by atoms with Gasteiger partial charge in [0.1, 0.15) is 9.84 Å². The van der Waals surface area contributed by atoms with Crippen molar-refractivity contribution in [2.24, 2.45) is 0 Å². The molecule has 5 heteroatoms. The molecule has 0 saturated heterocycles. The molecular weight excluding hydrogens is 282 g/mol. The highest BCUT2D eigenvalue weighted by molar-refractivity contribution is 7.90. The van der Waals surface area contributed by atoms with Gasteiger partial charge in [-0.25, -0.2) is 8.42 Å². The van der Waals surface area contributed by atoms with Crippen LogP contribution in [0.2, 0.25) is 5.02 Å². The molecule has 0 fully saturated rings. The largest absolute Gasteiger partial charge is 0.316 e. The molecule has 1 N–H and O–H groups in total. The van der Waals surface area contributed by atoms with E-state index < -0.39 is 9.84 Å². The number of likely N-dealkylation sites (N-methyl/N-ethyl adjacent to an activating group) is 1. The third-order valence-corrected chi connectivity index (χ3v) is 4.29. The third-order valence-electron chi connectivity index (χ3n) is 3.03. The fourth-order valence-corrected chi connectivity index (χ4v) is 2.95. The van der Waals surface area contributed by atoms with Crippen LogP contribution < -0.4 is 5.32 Å². The molecule has 3 nitrogen and oxygen atoms in total. The summed E-state index contributed by atoms with van der Waals surface area (Å²) >= 11 is 6.01. The minimum atomic E-state index is -2.88. The van der Waals surface area contributed by atoms with Gasteiger partial charge < -0.3 is 5.32 Å². The molecule has 0 amide bonds. The number of rotatable bonds is 8. The van der Waals surface area contributed by atoms with Crippen LogP contribution in [0.3, 0.4) is 0 Å². The first-order valence-corrected chi connectivity index (χ1v) is 9.00. The van der Waals surface area contributed by atoms with Gasteiger partial charge in [0.2, 0.25) is 0 Å². The fraction of sp³-hybridized carbons (Fsp3) is 0.571. The van der Waals surface area contributed by atoms with Gasteiger partial charge in [0, 0.05) is 23.6 Å². The Morgan fingerprint density at radius 3 is 2.68 bits per heavy atom. The molecular formula is C14H22ClNO2S. The molecule has 0 radical (unpaired) electrons. The number of sulfone groups is 1. The van der Waals surface area contributed by atoms with Gasteiger partial charge in [-0.05, 0) is 43.0 Å². The second-order valence-corrected chi connectivity index (χ2v) is 7.53. The summed E-state index contributed by atoms with van der Waals surface area (Å²) in [4.78, 5) is 0. The number of hydrogen-bond acceptors (Lipinski definition) is 3. The summed E-state index contributed by atoms with van der Waals surface area (Å²) in [5.41, 5.74) is 1.17. The molecule has 1 aromatic rings. The van der Waals surface area contributed by atoms with Crippen LogP contribution >= 0.6 is 11.6 Å². The van der Waals surface area contributed by atoms with Crippen LogP contribution in [0.5, 0.6) is 0 Å². The summed E-state index contributed by atoms with van der Waals surface area (Å²) in [5, 5.41) is 4.05. The second-order valence-electron chi connectivity index (χ2n) is 4.83. The first-order chi connectivity index (χ1) is 8.92. The van der Waals surface area contributed by atoms with Gasteiger partial charge in [-0.3, -0.25) is 0 Å². The molecule has 1 aromatic carbocycles. The predicted octanol–water partition coefficient (Wildman–Crippen LogP) is 2.86. The normalized spacial score (nSPS) is 13.4. The molecule has 19 heavy (non-hydrogen) atoms. The minimum absolute atomic E-state index is 0.246. The Morgan fingerprint density at radius 1 is 1.37 bits per heavy atom. The van der Waals surface area contributed by atoms with Crippen LogP contribution in [0.15, 0.2) is 24.3 Å². The van der Waals surface area contributed by atoms with Crippen LogP contribution in [0.25, 0.3) is 0 Å². The molecule has 1 rings (SSSR count).